The Morgan fingerprint density at radius 2 is 2.07 bits per heavy atom. The van der Waals surface area contributed by atoms with E-state index in [9.17, 15) is 9.59 Å². The summed E-state index contributed by atoms with van der Waals surface area (Å²) in [6.45, 7) is 4.13. The van der Waals surface area contributed by atoms with Crippen molar-refractivity contribution in [2.45, 2.75) is 39.9 Å². The third-order valence-corrected chi connectivity index (χ3v) is 8.16. The fourth-order valence-electron chi connectivity index (χ4n) is 2.93. The van der Waals surface area contributed by atoms with E-state index in [1.165, 1.54) is 23.1 Å². The van der Waals surface area contributed by atoms with Gasteiger partial charge in [-0.15, -0.1) is 22.0 Å². The van der Waals surface area contributed by atoms with E-state index in [-0.39, 0.29) is 17.2 Å². The lowest BCUT2D eigenvalue weighted by Gasteiger charge is -2.13. The van der Waals surface area contributed by atoms with E-state index in [4.69, 9.17) is 4.98 Å². The molecule has 0 bridgehead atoms. The van der Waals surface area contributed by atoms with Crippen molar-refractivity contribution in [1.82, 2.24) is 19.7 Å². The minimum absolute atomic E-state index is 0.0752. The van der Waals surface area contributed by atoms with Gasteiger partial charge < -0.3 is 0 Å². The molecule has 1 N–H and O–H groups in total. The predicted octanol–water partition coefficient (Wildman–Crippen LogP) is 3.96. The van der Waals surface area contributed by atoms with Crippen molar-refractivity contribution in [1.29, 1.82) is 0 Å². The molecule has 1 aliphatic heterocycles. The van der Waals surface area contributed by atoms with Gasteiger partial charge in [-0.25, -0.2) is 4.98 Å². The second kappa shape index (κ2) is 9.54. The van der Waals surface area contributed by atoms with Gasteiger partial charge in [0.15, 0.2) is 9.50 Å². The first-order valence-corrected chi connectivity index (χ1v) is 13.0. The van der Waals surface area contributed by atoms with Gasteiger partial charge in [0, 0.05) is 11.7 Å². The molecule has 0 saturated heterocycles. The zero-order valence-corrected chi connectivity index (χ0v) is 19.6. The average molecular weight is 478 g/mol. The molecule has 1 atom stereocenters. The number of aromatic nitrogens is 4. The molecular formula is C19H19N5O2S4. The molecule has 1 aliphatic rings. The number of carbonyl (C=O) groups is 1. The van der Waals surface area contributed by atoms with E-state index in [0.717, 1.165) is 27.9 Å². The van der Waals surface area contributed by atoms with Crippen LogP contribution in [0, 0.1) is 0 Å². The van der Waals surface area contributed by atoms with Crippen LogP contribution in [0.15, 0.2) is 49.5 Å². The Balaban J connectivity index is 1.56. The standard InChI is InChI=1S/C19H19N5O2S4/c1-3-27-19-23-22-17(30-19)21-14(25)10-28-18-20-13-9-11(2)29-15(13)16(26)24(18)12-7-5-4-6-8-12/h4-8,11H,3,9-10H2,1-2H3,(H,21,22,25). The summed E-state index contributed by atoms with van der Waals surface area (Å²) in [7, 11) is 0. The van der Waals surface area contributed by atoms with Crippen LogP contribution in [0.1, 0.15) is 19.5 Å². The molecule has 156 valence electrons. The van der Waals surface area contributed by atoms with Crippen LogP contribution in [-0.2, 0) is 11.2 Å². The lowest BCUT2D eigenvalue weighted by molar-refractivity contribution is -0.113. The molecule has 1 amide bonds. The third kappa shape index (κ3) is 4.74. The molecule has 2 aromatic heterocycles. The molecular weight excluding hydrogens is 459 g/mol. The lowest BCUT2D eigenvalue weighted by atomic mass is 10.2. The molecule has 0 spiro atoms. The number of rotatable bonds is 7. The smallest absolute Gasteiger partial charge is 0.272 e. The second-order valence-corrected chi connectivity index (χ2v) is 11.3. The SMILES string of the molecule is CCSc1nnc(NC(=O)CSc2nc3c(c(=O)n2-c2ccccc2)SC(C)C3)s1. The maximum absolute atomic E-state index is 13.2. The highest BCUT2D eigenvalue weighted by atomic mass is 32.2. The summed E-state index contributed by atoms with van der Waals surface area (Å²) in [6, 6.07) is 9.41. The third-order valence-electron chi connectivity index (χ3n) is 4.15. The number of fused-ring (bicyclic) bond motifs is 1. The van der Waals surface area contributed by atoms with Crippen LogP contribution in [0.4, 0.5) is 5.13 Å². The minimum atomic E-state index is -0.207. The van der Waals surface area contributed by atoms with Crippen molar-refractivity contribution in [3.8, 4) is 5.69 Å². The Bertz CT molecular complexity index is 1120. The van der Waals surface area contributed by atoms with Gasteiger partial charge in [-0.2, -0.15) is 0 Å². The Hall–Kier alpha value is -1.82. The van der Waals surface area contributed by atoms with Crippen molar-refractivity contribution in [3.63, 3.8) is 0 Å². The van der Waals surface area contributed by atoms with Crippen LogP contribution in [0.25, 0.3) is 5.69 Å². The number of anilines is 1. The summed E-state index contributed by atoms with van der Waals surface area (Å²) < 4.78 is 2.42. The van der Waals surface area contributed by atoms with Crippen molar-refractivity contribution < 1.29 is 4.79 Å². The molecule has 0 radical (unpaired) electrons. The van der Waals surface area contributed by atoms with Crippen molar-refractivity contribution in [2.75, 3.05) is 16.8 Å². The summed E-state index contributed by atoms with van der Waals surface area (Å²) in [6.07, 6.45) is 0.757. The van der Waals surface area contributed by atoms with E-state index in [2.05, 4.69) is 22.4 Å². The van der Waals surface area contributed by atoms with Crippen molar-refractivity contribution in [3.05, 3.63) is 46.4 Å². The molecule has 7 nitrogen and oxygen atoms in total. The number of amides is 1. The second-order valence-electron chi connectivity index (χ2n) is 6.42. The average Bonchev–Trinajstić information content (AvgIpc) is 3.33. The number of thioether (sulfide) groups is 3. The predicted molar refractivity (Wildman–Crippen MR) is 125 cm³/mol. The van der Waals surface area contributed by atoms with Gasteiger partial charge in [0.05, 0.1) is 22.0 Å². The minimum Gasteiger partial charge on any atom is -0.300 e. The van der Waals surface area contributed by atoms with Gasteiger partial charge in [0.25, 0.3) is 5.56 Å². The van der Waals surface area contributed by atoms with E-state index >= 15 is 0 Å². The largest absolute Gasteiger partial charge is 0.300 e. The first-order chi connectivity index (χ1) is 14.5. The summed E-state index contributed by atoms with van der Waals surface area (Å²) in [4.78, 5) is 31.1. The van der Waals surface area contributed by atoms with Gasteiger partial charge in [0.2, 0.25) is 11.0 Å². The first-order valence-electron chi connectivity index (χ1n) is 9.32. The maximum Gasteiger partial charge on any atom is 0.272 e. The highest BCUT2D eigenvalue weighted by molar-refractivity contribution is 8.01. The Kier molecular flexibility index (Phi) is 6.81. The highest BCUT2D eigenvalue weighted by Gasteiger charge is 2.27. The molecule has 11 heteroatoms. The van der Waals surface area contributed by atoms with Crippen LogP contribution in [-0.4, -0.2) is 42.4 Å². The molecule has 1 aromatic carbocycles. The van der Waals surface area contributed by atoms with E-state index in [0.29, 0.717) is 20.4 Å². The fourth-order valence-corrected chi connectivity index (χ4v) is 6.52. The summed E-state index contributed by atoms with van der Waals surface area (Å²) in [5.74, 6) is 0.814. The molecule has 4 rings (SSSR count). The molecule has 3 heterocycles. The molecule has 0 aliphatic carbocycles. The maximum atomic E-state index is 13.2. The van der Waals surface area contributed by atoms with E-state index in [1.807, 2.05) is 37.3 Å². The molecule has 0 saturated carbocycles. The van der Waals surface area contributed by atoms with Gasteiger partial charge >= 0.3 is 0 Å². The van der Waals surface area contributed by atoms with E-state index < -0.39 is 0 Å². The summed E-state index contributed by atoms with van der Waals surface area (Å²) >= 11 is 5.75. The summed E-state index contributed by atoms with van der Waals surface area (Å²) in [5, 5.41) is 12.1. The number of nitrogens with one attached hydrogen (secondary N) is 1. The van der Waals surface area contributed by atoms with E-state index in [1.54, 1.807) is 28.1 Å². The number of hydrogen-bond acceptors (Lipinski definition) is 9. The van der Waals surface area contributed by atoms with Gasteiger partial charge in [0.1, 0.15) is 0 Å². The Morgan fingerprint density at radius 3 is 2.83 bits per heavy atom. The first kappa shape index (κ1) is 21.4. The van der Waals surface area contributed by atoms with Crippen molar-refractivity contribution in [2.24, 2.45) is 0 Å². The van der Waals surface area contributed by atoms with Crippen LogP contribution < -0.4 is 10.9 Å². The van der Waals surface area contributed by atoms with Gasteiger partial charge in [-0.05, 0) is 17.9 Å². The number of para-hydroxylation sites is 1. The monoisotopic (exact) mass is 477 g/mol. The Morgan fingerprint density at radius 1 is 1.27 bits per heavy atom. The lowest BCUT2D eigenvalue weighted by Crippen LogP contribution is -2.24. The number of carbonyl (C=O) groups excluding carboxylic acids is 1. The van der Waals surface area contributed by atoms with Crippen LogP contribution in [0.5, 0.6) is 0 Å². The Labute approximate surface area is 190 Å². The highest BCUT2D eigenvalue weighted by Crippen LogP contribution is 2.35. The molecule has 30 heavy (non-hydrogen) atoms. The molecule has 3 aromatic rings. The fraction of sp³-hybridized carbons (Fsp3) is 0.316. The van der Waals surface area contributed by atoms with Gasteiger partial charge in [-0.3, -0.25) is 19.5 Å². The topological polar surface area (TPSA) is 89.8 Å². The zero-order chi connectivity index (χ0) is 21.1. The normalized spacial score (nSPS) is 15.2. The number of hydrogen-bond donors (Lipinski definition) is 1. The number of nitrogens with zero attached hydrogens (tertiary/aromatic N) is 4. The van der Waals surface area contributed by atoms with Crippen LogP contribution >= 0.6 is 46.6 Å². The zero-order valence-electron chi connectivity index (χ0n) is 16.3. The molecule has 0 fully saturated rings. The van der Waals surface area contributed by atoms with Crippen LogP contribution in [0.3, 0.4) is 0 Å². The van der Waals surface area contributed by atoms with Crippen molar-refractivity contribution >= 4 is 57.7 Å². The number of benzene rings is 1. The molecule has 1 unspecified atom stereocenters. The van der Waals surface area contributed by atoms with Gasteiger partial charge in [-0.1, -0.05) is 66.9 Å². The quantitative estimate of drug-likeness (QED) is 0.311. The summed E-state index contributed by atoms with van der Waals surface area (Å²) in [5.41, 5.74) is 1.48. The van der Waals surface area contributed by atoms with Crippen LogP contribution in [0.2, 0.25) is 0 Å².